The molecular weight excluding hydrogens is 190 g/mol. The molecule has 2 heterocycles. The van der Waals surface area contributed by atoms with Gasteiger partial charge in [0.25, 0.3) is 0 Å². The van der Waals surface area contributed by atoms with Crippen molar-refractivity contribution in [3.05, 3.63) is 0 Å². The first-order valence-electron chi connectivity index (χ1n) is 6.01. The quantitative estimate of drug-likeness (QED) is 0.716. The van der Waals surface area contributed by atoms with Gasteiger partial charge in [-0.15, -0.1) is 0 Å². The Morgan fingerprint density at radius 2 is 2.00 bits per heavy atom. The van der Waals surface area contributed by atoms with Crippen LogP contribution in [0.5, 0.6) is 0 Å². The number of rotatable bonds is 3. The topological polar surface area (TPSA) is 49.6 Å². The van der Waals surface area contributed by atoms with Crippen LogP contribution in [0.4, 0.5) is 0 Å². The molecule has 2 aliphatic heterocycles. The zero-order valence-corrected chi connectivity index (χ0v) is 9.32. The van der Waals surface area contributed by atoms with E-state index in [1.807, 2.05) is 4.90 Å². The molecular formula is C11H21N3O. The van der Waals surface area contributed by atoms with Crippen LogP contribution in [-0.2, 0) is 4.79 Å². The van der Waals surface area contributed by atoms with Crippen LogP contribution in [0, 0.1) is 0 Å². The molecule has 2 saturated heterocycles. The fourth-order valence-electron chi connectivity index (χ4n) is 2.43. The molecule has 0 aromatic rings. The second kappa shape index (κ2) is 4.94. The van der Waals surface area contributed by atoms with E-state index in [1.54, 1.807) is 0 Å². The molecule has 15 heavy (non-hydrogen) atoms. The number of hydrogen-bond acceptors (Lipinski definition) is 3. The number of amides is 1. The van der Waals surface area contributed by atoms with Gasteiger partial charge in [0.2, 0.25) is 5.91 Å². The van der Waals surface area contributed by atoms with Crippen LogP contribution in [-0.4, -0.2) is 54.5 Å². The molecule has 86 valence electrons. The third-order valence-corrected chi connectivity index (χ3v) is 3.42. The summed E-state index contributed by atoms with van der Waals surface area (Å²) in [5.74, 6) is 0.287. The highest BCUT2D eigenvalue weighted by atomic mass is 16.2. The molecule has 1 amide bonds. The molecule has 0 aliphatic carbocycles. The first-order valence-corrected chi connectivity index (χ1v) is 6.01. The van der Waals surface area contributed by atoms with Crippen molar-refractivity contribution < 1.29 is 4.79 Å². The van der Waals surface area contributed by atoms with Crippen LogP contribution in [0.2, 0.25) is 0 Å². The van der Waals surface area contributed by atoms with Crippen LogP contribution in [0.25, 0.3) is 0 Å². The Balaban J connectivity index is 1.67. The molecule has 0 unspecified atom stereocenters. The Morgan fingerprint density at radius 1 is 1.27 bits per heavy atom. The number of nitrogens with zero attached hydrogens (tertiary/aromatic N) is 2. The van der Waals surface area contributed by atoms with Gasteiger partial charge >= 0.3 is 0 Å². The minimum Gasteiger partial charge on any atom is -0.341 e. The Bertz CT molecular complexity index is 226. The van der Waals surface area contributed by atoms with Crippen molar-refractivity contribution in [3.8, 4) is 0 Å². The van der Waals surface area contributed by atoms with Crippen LogP contribution in [0.3, 0.4) is 0 Å². The van der Waals surface area contributed by atoms with Crippen molar-refractivity contribution in [3.63, 3.8) is 0 Å². The lowest BCUT2D eigenvalue weighted by atomic mass is 10.3. The maximum absolute atomic E-state index is 11.8. The summed E-state index contributed by atoms with van der Waals surface area (Å²) in [6.07, 6.45) is 4.23. The molecule has 1 atom stereocenters. The molecule has 0 aromatic carbocycles. The van der Waals surface area contributed by atoms with E-state index >= 15 is 0 Å². The standard InChI is InChI=1S/C11H21N3O/c12-10-3-8-14(9-10)11(15)4-7-13-5-1-2-6-13/h10H,1-9,12H2/t10-/m0/s1. The van der Waals surface area contributed by atoms with Crippen LogP contribution < -0.4 is 5.73 Å². The molecule has 0 spiro atoms. The third-order valence-electron chi connectivity index (χ3n) is 3.42. The van der Waals surface area contributed by atoms with E-state index < -0.39 is 0 Å². The number of carbonyl (C=O) groups is 1. The molecule has 2 N–H and O–H groups in total. The van der Waals surface area contributed by atoms with E-state index in [0.717, 1.165) is 26.1 Å². The Morgan fingerprint density at radius 3 is 2.60 bits per heavy atom. The summed E-state index contributed by atoms with van der Waals surface area (Å²) in [6, 6.07) is 0.209. The summed E-state index contributed by atoms with van der Waals surface area (Å²) in [5.41, 5.74) is 5.78. The van der Waals surface area contributed by atoms with Gasteiger partial charge in [0.1, 0.15) is 0 Å². The zero-order valence-electron chi connectivity index (χ0n) is 9.32. The lowest BCUT2D eigenvalue weighted by Gasteiger charge is -2.18. The molecule has 0 radical (unpaired) electrons. The molecule has 4 nitrogen and oxygen atoms in total. The predicted molar refractivity (Wildman–Crippen MR) is 59.5 cm³/mol. The van der Waals surface area contributed by atoms with Crippen LogP contribution >= 0.6 is 0 Å². The molecule has 4 heteroatoms. The minimum atomic E-state index is 0.209. The van der Waals surface area contributed by atoms with Gasteiger partial charge in [-0.25, -0.2) is 0 Å². The minimum absolute atomic E-state index is 0.209. The summed E-state index contributed by atoms with van der Waals surface area (Å²) in [6.45, 7) is 4.91. The van der Waals surface area contributed by atoms with Crippen LogP contribution in [0.15, 0.2) is 0 Å². The fraction of sp³-hybridized carbons (Fsp3) is 0.909. The molecule has 0 bridgehead atoms. The van der Waals surface area contributed by atoms with E-state index in [-0.39, 0.29) is 11.9 Å². The first-order chi connectivity index (χ1) is 7.25. The second-order valence-corrected chi connectivity index (χ2v) is 4.69. The summed E-state index contributed by atoms with van der Waals surface area (Å²) in [5, 5.41) is 0. The largest absolute Gasteiger partial charge is 0.341 e. The highest BCUT2D eigenvalue weighted by Crippen LogP contribution is 2.11. The van der Waals surface area contributed by atoms with Gasteiger partial charge in [0.15, 0.2) is 0 Å². The van der Waals surface area contributed by atoms with E-state index in [2.05, 4.69) is 4.90 Å². The normalized spacial score (nSPS) is 27.5. The van der Waals surface area contributed by atoms with Gasteiger partial charge in [-0.3, -0.25) is 4.79 Å². The molecule has 0 aromatic heterocycles. The average Bonchev–Trinajstić information content (AvgIpc) is 2.84. The highest BCUT2D eigenvalue weighted by molar-refractivity contribution is 5.76. The maximum Gasteiger partial charge on any atom is 0.223 e. The maximum atomic E-state index is 11.8. The van der Waals surface area contributed by atoms with Gasteiger partial charge in [-0.05, 0) is 32.4 Å². The Labute approximate surface area is 91.4 Å². The number of carbonyl (C=O) groups excluding carboxylic acids is 1. The van der Waals surface area contributed by atoms with E-state index in [9.17, 15) is 4.79 Å². The Kier molecular flexibility index (Phi) is 3.59. The van der Waals surface area contributed by atoms with Crippen molar-refractivity contribution in [2.24, 2.45) is 5.73 Å². The van der Waals surface area contributed by atoms with E-state index in [0.29, 0.717) is 6.42 Å². The number of hydrogen-bond donors (Lipinski definition) is 1. The molecule has 2 rings (SSSR count). The highest BCUT2D eigenvalue weighted by Gasteiger charge is 2.23. The van der Waals surface area contributed by atoms with Crippen molar-refractivity contribution in [1.29, 1.82) is 0 Å². The van der Waals surface area contributed by atoms with Gasteiger partial charge in [0.05, 0.1) is 0 Å². The summed E-state index contributed by atoms with van der Waals surface area (Å²) >= 11 is 0. The van der Waals surface area contributed by atoms with Gasteiger partial charge in [-0.2, -0.15) is 0 Å². The lowest BCUT2D eigenvalue weighted by Crippen LogP contribution is -2.34. The number of nitrogens with two attached hydrogens (primary N) is 1. The summed E-state index contributed by atoms with van der Waals surface area (Å²) < 4.78 is 0. The Hall–Kier alpha value is -0.610. The van der Waals surface area contributed by atoms with Crippen molar-refractivity contribution in [2.45, 2.75) is 31.7 Å². The first kappa shape index (κ1) is 10.9. The van der Waals surface area contributed by atoms with Crippen LogP contribution in [0.1, 0.15) is 25.7 Å². The molecule has 0 saturated carbocycles. The summed E-state index contributed by atoms with van der Waals surface area (Å²) in [7, 11) is 0. The van der Waals surface area contributed by atoms with Crippen molar-refractivity contribution >= 4 is 5.91 Å². The number of likely N-dealkylation sites (tertiary alicyclic amines) is 2. The van der Waals surface area contributed by atoms with Gasteiger partial charge < -0.3 is 15.5 Å². The van der Waals surface area contributed by atoms with Crippen molar-refractivity contribution in [2.75, 3.05) is 32.7 Å². The SMILES string of the molecule is N[C@H]1CCN(C(=O)CCN2CCCC2)C1. The van der Waals surface area contributed by atoms with E-state index in [1.165, 1.54) is 25.9 Å². The molecule has 2 fully saturated rings. The second-order valence-electron chi connectivity index (χ2n) is 4.69. The smallest absolute Gasteiger partial charge is 0.223 e. The van der Waals surface area contributed by atoms with Crippen molar-refractivity contribution in [1.82, 2.24) is 9.80 Å². The fourth-order valence-corrected chi connectivity index (χ4v) is 2.43. The lowest BCUT2D eigenvalue weighted by molar-refractivity contribution is -0.130. The monoisotopic (exact) mass is 211 g/mol. The zero-order chi connectivity index (χ0) is 10.7. The summed E-state index contributed by atoms with van der Waals surface area (Å²) in [4.78, 5) is 16.1. The van der Waals surface area contributed by atoms with E-state index in [4.69, 9.17) is 5.73 Å². The van der Waals surface area contributed by atoms with Gasteiger partial charge in [-0.1, -0.05) is 0 Å². The molecule has 2 aliphatic rings. The van der Waals surface area contributed by atoms with Gasteiger partial charge in [0, 0.05) is 32.1 Å². The third kappa shape index (κ3) is 2.92. The average molecular weight is 211 g/mol. The predicted octanol–water partition coefficient (Wildman–Crippen LogP) is 0.0319.